The van der Waals surface area contributed by atoms with Crippen molar-refractivity contribution in [3.8, 4) is 96.6 Å². The highest BCUT2D eigenvalue weighted by Crippen LogP contribution is 2.54. The predicted octanol–water partition coefficient (Wildman–Crippen LogP) is 21.3. The SMILES string of the molecule is [2H]c1c([2H])c([2H])c(-c2nc(Cl)c3c(n2)-c2ccc(-c4ccc(C#N)cc4)cc2C3(C)C)c([2H])c1[2H].[2H]c1c([2H])c([2H])c(-c2nc3c(c(-n4c5ccccc5c5cc6ccccc6cc54)n2)C(C)(C)c2cc(-c4ccc(C#N)cc4)ccc2-3)c([2H])c1[2H].c1ccc2c(c1)Cc1cc3ccccc3cc1-2. The van der Waals surface area contributed by atoms with Gasteiger partial charge in [-0.3, -0.25) is 4.57 Å². The molecule has 0 aliphatic heterocycles. The van der Waals surface area contributed by atoms with Crippen molar-refractivity contribution in [3.63, 3.8) is 0 Å². The molecule has 0 spiro atoms. The molecule has 0 bridgehead atoms. The third-order valence-electron chi connectivity index (χ3n) is 18.5. The number of hydrogen-bond donors (Lipinski definition) is 0. The summed E-state index contributed by atoms with van der Waals surface area (Å²) in [6.45, 7) is 8.36. The van der Waals surface area contributed by atoms with Crippen LogP contribution in [0, 0.1) is 22.7 Å². The van der Waals surface area contributed by atoms with Crippen LogP contribution >= 0.6 is 11.6 Å². The van der Waals surface area contributed by atoms with E-state index >= 15 is 0 Å². The van der Waals surface area contributed by atoms with Gasteiger partial charge < -0.3 is 0 Å². The number of halogens is 1. The molecule has 0 saturated heterocycles. The summed E-state index contributed by atoms with van der Waals surface area (Å²) in [4.78, 5) is 19.3. The van der Waals surface area contributed by atoms with Gasteiger partial charge in [0, 0.05) is 55.0 Å². The molecule has 0 N–H and O–H groups in total. The van der Waals surface area contributed by atoms with Gasteiger partial charge in [-0.25, -0.2) is 19.9 Å². The molecule has 0 unspecified atom stereocenters. The van der Waals surface area contributed by atoms with Crippen LogP contribution < -0.4 is 0 Å². The highest BCUT2D eigenvalue weighted by Gasteiger charge is 2.42. The molecule has 0 atom stereocenters. The zero-order valence-corrected chi connectivity index (χ0v) is 51.6. The van der Waals surface area contributed by atoms with Crippen LogP contribution in [0.5, 0.6) is 0 Å². The molecule has 0 amide bonds. The van der Waals surface area contributed by atoms with Crippen molar-refractivity contribution in [2.75, 3.05) is 0 Å². The normalized spacial score (nSPS) is 14.6. The Morgan fingerprint density at radius 2 is 0.892 bits per heavy atom. The average Bonchev–Trinajstić information content (AvgIpc) is 1.55. The fourth-order valence-corrected chi connectivity index (χ4v) is 14.3. The summed E-state index contributed by atoms with van der Waals surface area (Å²) >= 11 is 6.67. The van der Waals surface area contributed by atoms with Crippen LogP contribution in [0.4, 0.5) is 0 Å². The topological polar surface area (TPSA) is 104 Å². The number of para-hydroxylation sites is 1. The summed E-state index contributed by atoms with van der Waals surface area (Å²) in [5.74, 6) is 0.641. The van der Waals surface area contributed by atoms with E-state index < -0.39 is 47.1 Å². The molecule has 0 saturated carbocycles. The van der Waals surface area contributed by atoms with Crippen molar-refractivity contribution in [2.24, 2.45) is 0 Å². The monoisotopic (exact) mass is 1220 g/mol. The maximum Gasteiger partial charge on any atom is 0.162 e. The molecule has 3 aromatic heterocycles. The van der Waals surface area contributed by atoms with E-state index in [1.165, 1.54) is 33.0 Å². The highest BCUT2D eigenvalue weighted by atomic mass is 35.5. The molecular formula is C85H58ClN7. The maximum absolute atomic E-state index is 9.35. The van der Waals surface area contributed by atoms with E-state index in [-0.39, 0.29) is 52.1 Å². The van der Waals surface area contributed by atoms with Crippen LogP contribution in [-0.2, 0) is 17.3 Å². The quantitative estimate of drug-likeness (QED) is 0.159. The fourth-order valence-electron chi connectivity index (χ4n) is 13.9. The molecule has 93 heavy (non-hydrogen) atoms. The molecule has 7 nitrogen and oxygen atoms in total. The Morgan fingerprint density at radius 3 is 1.48 bits per heavy atom. The molecule has 18 rings (SSSR count). The number of nitrogens with zero attached hydrogens (tertiary/aromatic N) is 7. The zero-order chi connectivity index (χ0) is 71.8. The number of nitriles is 2. The Labute approximate surface area is 558 Å². The highest BCUT2D eigenvalue weighted by molar-refractivity contribution is 6.31. The Hall–Kier alpha value is -11.6. The van der Waals surface area contributed by atoms with E-state index in [9.17, 15) is 5.26 Å². The Bertz CT molecular complexity index is 6210. The molecular weight excluding hydrogens is 1150 g/mol. The largest absolute Gasteiger partial charge is 0.293 e. The van der Waals surface area contributed by atoms with E-state index in [2.05, 4.69) is 150 Å². The number of fused-ring (bicyclic) bond motifs is 14. The lowest BCUT2D eigenvalue weighted by molar-refractivity contribution is 0.650. The second-order valence-electron chi connectivity index (χ2n) is 24.6. The summed E-state index contributed by atoms with van der Waals surface area (Å²) in [6, 6.07) is 70.0. The van der Waals surface area contributed by atoms with Gasteiger partial charge in [0.25, 0.3) is 0 Å². The smallest absolute Gasteiger partial charge is 0.162 e. The Balaban J connectivity index is 0.000000135. The van der Waals surface area contributed by atoms with Gasteiger partial charge in [0.05, 0.1) is 59.4 Å². The molecule has 0 fully saturated rings. The zero-order valence-electron chi connectivity index (χ0n) is 60.8. The predicted molar refractivity (Wildman–Crippen MR) is 379 cm³/mol. The van der Waals surface area contributed by atoms with Crippen molar-refractivity contribution in [2.45, 2.75) is 44.9 Å². The summed E-state index contributed by atoms with van der Waals surface area (Å²) in [7, 11) is 0. The van der Waals surface area contributed by atoms with Gasteiger partial charge in [-0.1, -0.05) is 245 Å². The van der Waals surface area contributed by atoms with Crippen molar-refractivity contribution in [1.82, 2.24) is 24.5 Å². The van der Waals surface area contributed by atoms with Crippen molar-refractivity contribution < 1.29 is 13.7 Å². The van der Waals surface area contributed by atoms with Crippen LogP contribution in [0.3, 0.4) is 0 Å². The molecule has 3 heterocycles. The van der Waals surface area contributed by atoms with Crippen molar-refractivity contribution in [1.29, 1.82) is 10.5 Å². The summed E-state index contributed by atoms with van der Waals surface area (Å²) in [5.41, 5.74) is 18.0. The summed E-state index contributed by atoms with van der Waals surface area (Å²) in [6.07, 6.45) is 1.08. The first-order valence-electron chi connectivity index (χ1n) is 35.5. The van der Waals surface area contributed by atoms with E-state index in [1.807, 2.05) is 98.8 Å². The molecule has 12 aromatic carbocycles. The molecule has 440 valence electrons. The minimum atomic E-state index is -0.602. The van der Waals surface area contributed by atoms with E-state index in [0.29, 0.717) is 28.3 Å². The van der Waals surface area contributed by atoms with E-state index in [4.69, 9.17) is 40.5 Å². The van der Waals surface area contributed by atoms with Gasteiger partial charge in [0.15, 0.2) is 11.6 Å². The Kier molecular flexibility index (Phi) is 11.2. The molecule has 3 aliphatic rings. The van der Waals surface area contributed by atoms with Crippen molar-refractivity contribution >= 4 is 55.0 Å². The van der Waals surface area contributed by atoms with Crippen molar-refractivity contribution in [3.05, 3.63) is 316 Å². The second-order valence-corrected chi connectivity index (χ2v) is 24.9. The third-order valence-corrected chi connectivity index (χ3v) is 18.7. The minimum absolute atomic E-state index is 0.00873. The second kappa shape index (κ2) is 22.4. The van der Waals surface area contributed by atoms with Crippen LogP contribution in [0.25, 0.3) is 128 Å². The maximum atomic E-state index is 9.35. The lowest BCUT2D eigenvalue weighted by Gasteiger charge is -2.25. The van der Waals surface area contributed by atoms with Gasteiger partial charge in [-0.15, -0.1) is 0 Å². The first-order valence-corrected chi connectivity index (χ1v) is 30.9. The lowest BCUT2D eigenvalue weighted by atomic mass is 9.81. The standard InChI is InChI=1S/C42H28N4.C26H18ClN3.C17H12/c1-42(2)35-23-31(27-18-16-26(25-43)17-19-27)20-21-33(35)39-38(42)41(45-40(44-39)28-10-4-3-5-11-28)46-36-15-9-8-14-32(36)34-22-29-12-6-7-13-30(29)24-37(34)46;1-26(2)21-14-19(17-10-8-16(15-28)9-11-17)12-13-20(21)23-22(26)24(27)30-25(29-23)18-6-4-3-5-7-18;1-2-6-13-11-17-15(9-12(13)5-1)10-14-7-3-4-8-16(14)17/h3-24H,1-2H3;3-14H,1-2H3;1-9,11H,10H2/i3D,4D,5D,10D,11D;3D,4D,5D,6D,7D;. The number of benzene rings is 12. The molecule has 8 heteroatoms. The molecule has 15 aromatic rings. The van der Waals surface area contributed by atoms with Crippen LogP contribution in [-0.4, -0.2) is 24.5 Å². The first kappa shape index (κ1) is 46.5. The number of rotatable bonds is 5. The summed E-state index contributed by atoms with van der Waals surface area (Å²) in [5, 5.41) is 25.6. The molecule has 3 aliphatic carbocycles. The van der Waals surface area contributed by atoms with Gasteiger partial charge in [0.2, 0.25) is 0 Å². The van der Waals surface area contributed by atoms with Gasteiger partial charge in [-0.2, -0.15) is 10.5 Å². The van der Waals surface area contributed by atoms with Crippen LogP contribution in [0.2, 0.25) is 5.15 Å². The first-order chi connectivity index (χ1) is 49.5. The average molecular weight is 1220 g/mol. The third kappa shape index (κ3) is 9.64. The van der Waals surface area contributed by atoms with Crippen LogP contribution in [0.1, 0.15) is 85.9 Å². The molecule has 0 radical (unpaired) electrons. The van der Waals surface area contributed by atoms with E-state index in [0.717, 1.165) is 94.6 Å². The van der Waals surface area contributed by atoms with Gasteiger partial charge in [0.1, 0.15) is 11.0 Å². The number of aromatic nitrogens is 5. The fraction of sp³-hybridized carbons (Fsp3) is 0.0824. The lowest BCUT2D eigenvalue weighted by Crippen LogP contribution is -2.20. The van der Waals surface area contributed by atoms with Gasteiger partial charge in [-0.05, 0) is 144 Å². The number of hydrogen-bond acceptors (Lipinski definition) is 6. The van der Waals surface area contributed by atoms with E-state index in [1.54, 1.807) is 12.1 Å². The van der Waals surface area contributed by atoms with Gasteiger partial charge >= 0.3 is 0 Å². The van der Waals surface area contributed by atoms with Crippen LogP contribution in [0.15, 0.2) is 267 Å². The Morgan fingerprint density at radius 1 is 0.409 bits per heavy atom. The minimum Gasteiger partial charge on any atom is -0.293 e. The summed E-state index contributed by atoms with van der Waals surface area (Å²) < 4.78 is 85.4.